The molecule has 0 radical (unpaired) electrons. The number of aromatic nitrogens is 2. The van der Waals surface area contributed by atoms with Crippen LogP contribution < -0.4 is 5.73 Å². The van der Waals surface area contributed by atoms with E-state index in [2.05, 4.69) is 9.97 Å². The largest absolute Gasteiger partial charge is 0.383 e. The second-order valence-electron chi connectivity index (χ2n) is 5.60. The molecule has 6 nitrogen and oxygen atoms in total. The van der Waals surface area contributed by atoms with Crippen molar-refractivity contribution in [3.63, 3.8) is 0 Å². The van der Waals surface area contributed by atoms with Crippen LogP contribution in [0.2, 0.25) is 0 Å². The van der Waals surface area contributed by atoms with Crippen molar-refractivity contribution in [3.8, 4) is 0 Å². The molecule has 116 valence electrons. The second-order valence-corrected chi connectivity index (χ2v) is 7.53. The highest BCUT2D eigenvalue weighted by atomic mass is 32.2. The molecule has 0 fully saturated rings. The van der Waals surface area contributed by atoms with Gasteiger partial charge in [-0.1, -0.05) is 6.07 Å². The Morgan fingerprint density at radius 3 is 2.50 bits per heavy atom. The van der Waals surface area contributed by atoms with Gasteiger partial charge in [0.15, 0.2) is 0 Å². The van der Waals surface area contributed by atoms with Gasteiger partial charge in [-0.25, -0.2) is 18.4 Å². The minimum Gasteiger partial charge on any atom is -0.383 e. The topological polar surface area (TPSA) is 89.2 Å². The predicted octanol–water partition coefficient (Wildman–Crippen LogP) is 1.42. The smallest absolute Gasteiger partial charge is 0.243 e. The third-order valence-corrected chi connectivity index (χ3v) is 5.66. The molecule has 1 aromatic carbocycles. The number of aryl methyl sites for hydroxylation is 2. The summed E-state index contributed by atoms with van der Waals surface area (Å²) in [4.78, 5) is 8.46. The van der Waals surface area contributed by atoms with Crippen LogP contribution in [-0.2, 0) is 23.0 Å². The number of nitrogens with two attached hydrogens (primary N) is 1. The first-order valence-corrected chi connectivity index (χ1v) is 8.48. The number of nitrogen functional groups attached to an aromatic ring is 1. The number of rotatable bonds is 2. The molecule has 7 heteroatoms. The average molecular weight is 318 g/mol. The van der Waals surface area contributed by atoms with Crippen molar-refractivity contribution < 1.29 is 8.42 Å². The Morgan fingerprint density at radius 1 is 1.14 bits per heavy atom. The van der Waals surface area contributed by atoms with Gasteiger partial charge in [0.2, 0.25) is 10.0 Å². The van der Waals surface area contributed by atoms with Crippen LogP contribution in [0.15, 0.2) is 29.4 Å². The minimum absolute atomic E-state index is 0.234. The maximum absolute atomic E-state index is 12.8. The SMILES string of the molecule is Cc1cc(C)cc(S(=O)(=O)N2CCc3c(N)ncnc3C2)c1. The summed E-state index contributed by atoms with van der Waals surface area (Å²) in [5, 5.41) is 0. The van der Waals surface area contributed by atoms with Crippen molar-refractivity contribution in [1.29, 1.82) is 0 Å². The van der Waals surface area contributed by atoms with Crippen LogP contribution in [0.3, 0.4) is 0 Å². The molecule has 0 amide bonds. The lowest BCUT2D eigenvalue weighted by molar-refractivity contribution is 0.385. The molecule has 0 spiro atoms. The van der Waals surface area contributed by atoms with E-state index in [1.165, 1.54) is 10.6 Å². The van der Waals surface area contributed by atoms with E-state index in [0.29, 0.717) is 29.4 Å². The zero-order valence-electron chi connectivity index (χ0n) is 12.6. The van der Waals surface area contributed by atoms with E-state index in [9.17, 15) is 8.42 Å². The molecule has 0 saturated heterocycles. The van der Waals surface area contributed by atoms with Crippen molar-refractivity contribution >= 4 is 15.8 Å². The maximum Gasteiger partial charge on any atom is 0.243 e. The third kappa shape index (κ3) is 2.57. The Balaban J connectivity index is 1.97. The first kappa shape index (κ1) is 14.9. The minimum atomic E-state index is -3.53. The van der Waals surface area contributed by atoms with Gasteiger partial charge in [-0.05, 0) is 43.5 Å². The fourth-order valence-corrected chi connectivity index (χ4v) is 4.38. The molecule has 1 aliphatic heterocycles. The number of sulfonamides is 1. The molecule has 0 saturated carbocycles. The quantitative estimate of drug-likeness (QED) is 0.904. The molecule has 0 unspecified atom stereocenters. The van der Waals surface area contributed by atoms with E-state index in [-0.39, 0.29) is 6.54 Å². The van der Waals surface area contributed by atoms with E-state index in [1.807, 2.05) is 19.9 Å². The highest BCUT2D eigenvalue weighted by Gasteiger charge is 2.30. The number of hydrogen-bond donors (Lipinski definition) is 1. The van der Waals surface area contributed by atoms with Gasteiger partial charge < -0.3 is 5.73 Å². The Morgan fingerprint density at radius 2 is 1.82 bits per heavy atom. The summed E-state index contributed by atoms with van der Waals surface area (Å²) in [7, 11) is -3.53. The summed E-state index contributed by atoms with van der Waals surface area (Å²) in [6.45, 7) is 4.41. The van der Waals surface area contributed by atoms with Gasteiger partial charge in [0.05, 0.1) is 17.1 Å². The predicted molar refractivity (Wildman–Crippen MR) is 83.7 cm³/mol. The van der Waals surface area contributed by atoms with Crippen LogP contribution in [0, 0.1) is 13.8 Å². The molecule has 0 aliphatic carbocycles. The molecule has 0 bridgehead atoms. The standard InChI is InChI=1S/C15H18N4O2S/c1-10-5-11(2)7-12(6-10)22(20,21)19-4-3-13-14(8-19)17-9-18-15(13)16/h5-7,9H,3-4,8H2,1-2H3,(H2,16,17,18). The first-order valence-electron chi connectivity index (χ1n) is 7.04. The van der Waals surface area contributed by atoms with Crippen molar-refractivity contribution in [2.24, 2.45) is 0 Å². The van der Waals surface area contributed by atoms with Crippen LogP contribution in [0.5, 0.6) is 0 Å². The summed E-state index contributed by atoms with van der Waals surface area (Å²) in [6.07, 6.45) is 1.91. The van der Waals surface area contributed by atoms with Crippen LogP contribution in [-0.4, -0.2) is 29.2 Å². The van der Waals surface area contributed by atoms with Crippen molar-refractivity contribution in [2.75, 3.05) is 12.3 Å². The summed E-state index contributed by atoms with van der Waals surface area (Å²) >= 11 is 0. The molecule has 2 N–H and O–H groups in total. The third-order valence-electron chi connectivity index (χ3n) is 3.84. The zero-order valence-corrected chi connectivity index (χ0v) is 13.4. The van der Waals surface area contributed by atoms with Gasteiger partial charge in [0.25, 0.3) is 0 Å². The summed E-state index contributed by atoms with van der Waals surface area (Å²) in [5.41, 5.74) is 9.24. The molecular weight excluding hydrogens is 300 g/mol. The summed E-state index contributed by atoms with van der Waals surface area (Å²) in [6, 6.07) is 5.36. The van der Waals surface area contributed by atoms with Crippen LogP contribution in [0.4, 0.5) is 5.82 Å². The van der Waals surface area contributed by atoms with Gasteiger partial charge in [0.1, 0.15) is 12.1 Å². The monoisotopic (exact) mass is 318 g/mol. The Kier molecular flexibility index (Phi) is 3.62. The lowest BCUT2D eigenvalue weighted by Crippen LogP contribution is -2.37. The summed E-state index contributed by atoms with van der Waals surface area (Å²) < 4.78 is 27.1. The number of anilines is 1. The van der Waals surface area contributed by atoms with Crippen molar-refractivity contribution in [3.05, 3.63) is 46.9 Å². The van der Waals surface area contributed by atoms with Gasteiger partial charge in [-0.15, -0.1) is 0 Å². The second kappa shape index (κ2) is 5.33. The lowest BCUT2D eigenvalue weighted by atomic mass is 10.1. The molecule has 0 atom stereocenters. The molecule has 2 heterocycles. The van der Waals surface area contributed by atoms with E-state index >= 15 is 0 Å². The Bertz CT molecular complexity index is 813. The van der Waals surface area contributed by atoms with Gasteiger partial charge in [-0.2, -0.15) is 4.31 Å². The molecule has 22 heavy (non-hydrogen) atoms. The van der Waals surface area contributed by atoms with Crippen molar-refractivity contribution in [2.45, 2.75) is 31.7 Å². The fourth-order valence-electron chi connectivity index (χ4n) is 2.79. The Labute approximate surface area is 130 Å². The number of fused-ring (bicyclic) bond motifs is 1. The highest BCUT2D eigenvalue weighted by Crippen LogP contribution is 2.26. The van der Waals surface area contributed by atoms with Gasteiger partial charge >= 0.3 is 0 Å². The first-order chi connectivity index (χ1) is 10.4. The lowest BCUT2D eigenvalue weighted by Gasteiger charge is -2.27. The molecule has 1 aromatic heterocycles. The number of benzene rings is 1. The van der Waals surface area contributed by atoms with E-state index < -0.39 is 10.0 Å². The number of hydrogen-bond acceptors (Lipinski definition) is 5. The average Bonchev–Trinajstić information content (AvgIpc) is 2.46. The molecule has 1 aliphatic rings. The molecule has 3 rings (SSSR count). The zero-order chi connectivity index (χ0) is 15.9. The Hall–Kier alpha value is -1.99. The van der Waals surface area contributed by atoms with Gasteiger partial charge in [-0.3, -0.25) is 0 Å². The van der Waals surface area contributed by atoms with Crippen LogP contribution in [0.25, 0.3) is 0 Å². The molecule has 2 aromatic rings. The molecular formula is C15H18N4O2S. The van der Waals surface area contributed by atoms with Crippen LogP contribution >= 0.6 is 0 Å². The van der Waals surface area contributed by atoms with Gasteiger partial charge in [0, 0.05) is 12.1 Å². The fraction of sp³-hybridized carbons (Fsp3) is 0.333. The van der Waals surface area contributed by atoms with Crippen LogP contribution in [0.1, 0.15) is 22.4 Å². The van der Waals surface area contributed by atoms with E-state index in [1.54, 1.807) is 12.1 Å². The highest BCUT2D eigenvalue weighted by molar-refractivity contribution is 7.89. The van der Waals surface area contributed by atoms with E-state index in [4.69, 9.17) is 5.73 Å². The van der Waals surface area contributed by atoms with E-state index in [0.717, 1.165) is 16.7 Å². The number of nitrogens with zero attached hydrogens (tertiary/aromatic N) is 3. The summed E-state index contributed by atoms with van der Waals surface area (Å²) in [5.74, 6) is 0.438. The normalized spacial score (nSPS) is 15.5. The van der Waals surface area contributed by atoms with Crippen molar-refractivity contribution in [1.82, 2.24) is 14.3 Å². The maximum atomic E-state index is 12.8.